The van der Waals surface area contributed by atoms with Crippen molar-refractivity contribution in [1.82, 2.24) is 0 Å². The van der Waals surface area contributed by atoms with Crippen molar-refractivity contribution in [3.8, 4) is 0 Å². The Bertz CT molecular complexity index is 1320. The van der Waals surface area contributed by atoms with E-state index >= 15 is 0 Å². The van der Waals surface area contributed by atoms with Gasteiger partial charge in [0.2, 0.25) is 0 Å². The number of rotatable bonds is 57. The highest BCUT2D eigenvalue weighted by atomic mass is 16.6. The molecule has 0 saturated heterocycles. The molecular formula is C67H118O5. The summed E-state index contributed by atoms with van der Waals surface area (Å²) in [6.45, 7) is 7.69. The molecule has 416 valence electrons. The van der Waals surface area contributed by atoms with Crippen LogP contribution < -0.4 is 0 Å². The summed E-state index contributed by atoms with van der Waals surface area (Å²) in [4.78, 5) is 25.6. The third kappa shape index (κ3) is 59.6. The van der Waals surface area contributed by atoms with Gasteiger partial charge in [-0.2, -0.15) is 0 Å². The highest BCUT2D eigenvalue weighted by Crippen LogP contribution is 2.16. The van der Waals surface area contributed by atoms with Gasteiger partial charge in [0.05, 0.1) is 6.61 Å². The third-order valence-electron chi connectivity index (χ3n) is 13.4. The lowest BCUT2D eigenvalue weighted by Crippen LogP contribution is -2.30. The van der Waals surface area contributed by atoms with Crippen LogP contribution in [0.4, 0.5) is 0 Å². The van der Waals surface area contributed by atoms with Crippen molar-refractivity contribution >= 4 is 11.9 Å². The van der Waals surface area contributed by atoms with E-state index in [1.165, 1.54) is 180 Å². The maximum atomic E-state index is 12.9. The zero-order valence-electron chi connectivity index (χ0n) is 47.9. The first-order valence-electron chi connectivity index (χ1n) is 31.1. The average Bonchev–Trinajstić information content (AvgIpc) is 3.38. The number of hydrogen-bond donors (Lipinski definition) is 0. The van der Waals surface area contributed by atoms with Crippen LogP contribution in [-0.2, 0) is 23.8 Å². The fraction of sp³-hybridized carbons (Fsp3) is 0.761. The molecule has 0 aliphatic heterocycles. The summed E-state index contributed by atoms with van der Waals surface area (Å²) in [6.07, 6.45) is 83.2. The predicted molar refractivity (Wildman–Crippen MR) is 316 cm³/mol. The molecule has 0 spiro atoms. The second-order valence-electron chi connectivity index (χ2n) is 20.6. The van der Waals surface area contributed by atoms with E-state index in [0.717, 1.165) is 89.9 Å². The molecule has 0 aliphatic carbocycles. The van der Waals surface area contributed by atoms with Gasteiger partial charge in [0.15, 0.2) is 6.10 Å². The molecule has 0 bridgehead atoms. The molecule has 0 amide bonds. The molecule has 5 heteroatoms. The van der Waals surface area contributed by atoms with Gasteiger partial charge in [-0.25, -0.2) is 0 Å². The Morgan fingerprint density at radius 1 is 0.319 bits per heavy atom. The molecule has 0 fully saturated rings. The normalized spacial score (nSPS) is 12.8. The van der Waals surface area contributed by atoms with Crippen LogP contribution in [0.15, 0.2) is 85.1 Å². The van der Waals surface area contributed by atoms with Gasteiger partial charge in [-0.1, -0.05) is 279 Å². The lowest BCUT2D eigenvalue weighted by atomic mass is 10.0. The number of carbonyl (C=O) groups excluding carboxylic acids is 2. The minimum Gasteiger partial charge on any atom is -0.462 e. The maximum Gasteiger partial charge on any atom is 0.306 e. The summed E-state index contributed by atoms with van der Waals surface area (Å²) in [7, 11) is 0. The summed E-state index contributed by atoms with van der Waals surface area (Å²) >= 11 is 0. The van der Waals surface area contributed by atoms with Crippen LogP contribution in [0.25, 0.3) is 0 Å². The van der Waals surface area contributed by atoms with E-state index < -0.39 is 6.10 Å². The van der Waals surface area contributed by atoms with Crippen LogP contribution in [0.5, 0.6) is 0 Å². The minimum absolute atomic E-state index is 0.0734. The van der Waals surface area contributed by atoms with Crippen LogP contribution in [0.2, 0.25) is 0 Å². The van der Waals surface area contributed by atoms with Crippen LogP contribution >= 0.6 is 0 Å². The second kappa shape index (κ2) is 62.4. The quantitative estimate of drug-likeness (QED) is 0.0345. The van der Waals surface area contributed by atoms with E-state index in [4.69, 9.17) is 14.2 Å². The number of hydrogen-bond acceptors (Lipinski definition) is 5. The van der Waals surface area contributed by atoms with E-state index in [0.29, 0.717) is 19.4 Å². The average molecular weight is 1000 g/mol. The molecule has 0 radical (unpaired) electrons. The first-order valence-corrected chi connectivity index (χ1v) is 31.1. The summed E-state index contributed by atoms with van der Waals surface area (Å²) in [5.41, 5.74) is 0. The summed E-state index contributed by atoms with van der Waals surface area (Å²) in [5, 5.41) is 0. The molecule has 0 N–H and O–H groups in total. The molecule has 0 aromatic heterocycles. The predicted octanol–water partition coefficient (Wildman–Crippen LogP) is 21.6. The lowest BCUT2D eigenvalue weighted by molar-refractivity contribution is -0.163. The van der Waals surface area contributed by atoms with Crippen molar-refractivity contribution in [2.45, 2.75) is 309 Å². The molecule has 0 aromatic rings. The van der Waals surface area contributed by atoms with E-state index in [1.54, 1.807) is 0 Å². The molecule has 0 aliphatic rings. The number of allylic oxidation sites excluding steroid dienone is 14. The standard InChI is InChI=1S/C67H118O5/c1-4-7-10-13-16-19-22-25-28-31-33-35-38-41-44-47-50-53-56-59-62-70-63-65(72-67(69)61-58-55-52-49-46-43-40-36-30-27-24-21-18-15-12-9-6-3)64-71-66(68)60-57-54-51-48-45-42-39-37-34-32-29-26-23-20-17-14-11-8-5-2/h7,10,16-17,19-20,25-26,28-29,33-35,37,65H,4-6,8-9,11-15,18,21-24,27,30-32,36,38-64H2,1-3H3/b10-7-,19-16-,20-17-,28-25-,29-26-,35-33-,37-34-. The van der Waals surface area contributed by atoms with Gasteiger partial charge >= 0.3 is 11.9 Å². The SMILES string of the molecule is CC/C=C\C/C=C\C/C=C\C/C=C\CCCCCCCCCOCC(COC(=O)CCCCCCCC/C=C\C/C=C\C/C=C\CCCCC)OC(=O)CCCCCCCCCCCCCCCCCCC. The highest BCUT2D eigenvalue weighted by Gasteiger charge is 2.17. The Hall–Kier alpha value is -2.92. The van der Waals surface area contributed by atoms with Crippen LogP contribution in [0, 0.1) is 0 Å². The number of carbonyl (C=O) groups is 2. The summed E-state index contributed by atoms with van der Waals surface area (Å²) in [6, 6.07) is 0. The van der Waals surface area contributed by atoms with Gasteiger partial charge in [0, 0.05) is 19.4 Å². The van der Waals surface area contributed by atoms with Crippen LogP contribution in [-0.4, -0.2) is 37.9 Å². The van der Waals surface area contributed by atoms with E-state index in [2.05, 4.69) is 106 Å². The molecule has 1 unspecified atom stereocenters. The Kier molecular flexibility index (Phi) is 59.8. The molecule has 72 heavy (non-hydrogen) atoms. The van der Waals surface area contributed by atoms with E-state index in [9.17, 15) is 9.59 Å². The summed E-state index contributed by atoms with van der Waals surface area (Å²) in [5.74, 6) is -0.406. The van der Waals surface area contributed by atoms with Gasteiger partial charge in [-0.3, -0.25) is 9.59 Å². The Morgan fingerprint density at radius 2 is 0.625 bits per heavy atom. The molecule has 0 aromatic carbocycles. The van der Waals surface area contributed by atoms with Gasteiger partial charge in [-0.05, 0) is 96.3 Å². The Morgan fingerprint density at radius 3 is 1.03 bits per heavy atom. The molecule has 1 atom stereocenters. The molecule has 0 heterocycles. The van der Waals surface area contributed by atoms with Crippen molar-refractivity contribution in [2.24, 2.45) is 0 Å². The summed E-state index contributed by atoms with van der Waals surface area (Å²) < 4.78 is 17.5. The van der Waals surface area contributed by atoms with Crippen molar-refractivity contribution in [2.75, 3.05) is 19.8 Å². The molecular weight excluding hydrogens is 885 g/mol. The monoisotopic (exact) mass is 1000 g/mol. The maximum absolute atomic E-state index is 12.9. The fourth-order valence-corrected chi connectivity index (χ4v) is 8.80. The smallest absolute Gasteiger partial charge is 0.306 e. The topological polar surface area (TPSA) is 61.8 Å². The number of ether oxygens (including phenoxy) is 3. The zero-order chi connectivity index (χ0) is 52.0. The fourth-order valence-electron chi connectivity index (χ4n) is 8.80. The van der Waals surface area contributed by atoms with Crippen molar-refractivity contribution in [3.63, 3.8) is 0 Å². The van der Waals surface area contributed by atoms with Gasteiger partial charge in [0.1, 0.15) is 6.61 Å². The lowest BCUT2D eigenvalue weighted by Gasteiger charge is -2.18. The molecule has 0 rings (SSSR count). The second-order valence-corrected chi connectivity index (χ2v) is 20.6. The first kappa shape index (κ1) is 69.1. The third-order valence-corrected chi connectivity index (χ3v) is 13.4. The van der Waals surface area contributed by atoms with Crippen LogP contribution in [0.1, 0.15) is 303 Å². The molecule has 5 nitrogen and oxygen atoms in total. The van der Waals surface area contributed by atoms with Gasteiger partial charge < -0.3 is 14.2 Å². The largest absolute Gasteiger partial charge is 0.462 e. The Labute approximate surface area is 448 Å². The molecule has 0 saturated carbocycles. The minimum atomic E-state index is -0.551. The van der Waals surface area contributed by atoms with Crippen molar-refractivity contribution in [3.05, 3.63) is 85.1 Å². The van der Waals surface area contributed by atoms with Crippen molar-refractivity contribution < 1.29 is 23.8 Å². The van der Waals surface area contributed by atoms with Crippen molar-refractivity contribution in [1.29, 1.82) is 0 Å². The highest BCUT2D eigenvalue weighted by molar-refractivity contribution is 5.70. The Balaban J connectivity index is 4.32. The van der Waals surface area contributed by atoms with Crippen LogP contribution in [0.3, 0.4) is 0 Å². The zero-order valence-corrected chi connectivity index (χ0v) is 47.9. The number of unbranched alkanes of at least 4 members (excludes halogenated alkanes) is 32. The van der Waals surface area contributed by atoms with Gasteiger partial charge in [0.25, 0.3) is 0 Å². The first-order chi connectivity index (χ1) is 35.6. The van der Waals surface area contributed by atoms with Gasteiger partial charge in [-0.15, -0.1) is 0 Å². The van der Waals surface area contributed by atoms with E-state index in [-0.39, 0.29) is 25.2 Å². The van der Waals surface area contributed by atoms with E-state index in [1.807, 2.05) is 0 Å². The number of esters is 2.